The molecule has 0 saturated heterocycles. The van der Waals surface area contributed by atoms with Gasteiger partial charge in [0.2, 0.25) is 0 Å². The molecule has 0 amide bonds. The van der Waals surface area contributed by atoms with Crippen molar-refractivity contribution in [3.8, 4) is 5.75 Å². The molecular formula is C14H11BF3O2-. The minimum absolute atomic E-state index is 0.194. The fourth-order valence-corrected chi connectivity index (χ4v) is 1.78. The summed E-state index contributed by atoms with van der Waals surface area (Å²) in [6, 6.07) is 12.4. The number of aldehydes is 1. The Hall–Kier alpha value is -2.24. The van der Waals surface area contributed by atoms with Gasteiger partial charge in [0.15, 0.2) is 0 Å². The lowest BCUT2D eigenvalue weighted by atomic mass is 9.77. The van der Waals surface area contributed by atoms with Crippen LogP contribution in [-0.4, -0.2) is 13.3 Å². The van der Waals surface area contributed by atoms with E-state index in [1.165, 1.54) is 6.07 Å². The van der Waals surface area contributed by atoms with Gasteiger partial charge in [-0.15, -0.1) is 0 Å². The summed E-state index contributed by atoms with van der Waals surface area (Å²) in [7, 11) is 0. The number of hydrogen-bond acceptors (Lipinski definition) is 2. The van der Waals surface area contributed by atoms with Crippen molar-refractivity contribution in [2.24, 2.45) is 0 Å². The first kappa shape index (κ1) is 14.2. The molecule has 0 radical (unpaired) electrons. The van der Waals surface area contributed by atoms with Crippen LogP contribution in [0.5, 0.6) is 5.75 Å². The standard InChI is InChI=1S/C14H11BF3O2/c16-15(17,18)14-7-6-13(8-12(14)9-19)20-10-11-4-2-1-3-5-11/h1-9H,10H2/q-1. The molecule has 0 atom stereocenters. The second-order valence-corrected chi connectivity index (χ2v) is 4.26. The molecule has 0 fully saturated rings. The molecule has 0 aliphatic rings. The summed E-state index contributed by atoms with van der Waals surface area (Å²) in [5.74, 6) is 0.236. The van der Waals surface area contributed by atoms with E-state index in [9.17, 15) is 17.7 Å². The third-order valence-corrected chi connectivity index (χ3v) is 2.79. The summed E-state index contributed by atoms with van der Waals surface area (Å²) in [6.07, 6.45) is 0.194. The Bertz CT molecular complexity index is 597. The maximum Gasteiger partial charge on any atom is 0.510 e. The van der Waals surface area contributed by atoms with Crippen LogP contribution in [0.2, 0.25) is 0 Å². The Morgan fingerprint density at radius 3 is 2.35 bits per heavy atom. The molecule has 0 unspecified atom stereocenters. The lowest BCUT2D eigenvalue weighted by Gasteiger charge is -2.18. The zero-order chi connectivity index (χ0) is 14.6. The first-order valence-electron chi connectivity index (χ1n) is 5.96. The first-order chi connectivity index (χ1) is 9.50. The van der Waals surface area contributed by atoms with Crippen LogP contribution in [0.1, 0.15) is 15.9 Å². The van der Waals surface area contributed by atoms with Crippen LogP contribution in [0, 0.1) is 0 Å². The van der Waals surface area contributed by atoms with Crippen molar-refractivity contribution in [1.82, 2.24) is 0 Å². The van der Waals surface area contributed by atoms with Crippen LogP contribution in [0.4, 0.5) is 12.9 Å². The number of rotatable bonds is 5. The van der Waals surface area contributed by atoms with E-state index in [-0.39, 0.29) is 18.6 Å². The highest BCUT2D eigenvalue weighted by Crippen LogP contribution is 2.18. The predicted octanol–water partition coefficient (Wildman–Crippen LogP) is 3.13. The van der Waals surface area contributed by atoms with Gasteiger partial charge in [0.1, 0.15) is 18.6 Å². The molecule has 0 aliphatic heterocycles. The highest BCUT2D eigenvalue weighted by Gasteiger charge is 2.28. The Kier molecular flexibility index (Phi) is 4.12. The summed E-state index contributed by atoms with van der Waals surface area (Å²) < 4.78 is 43.4. The minimum Gasteiger partial charge on any atom is -0.489 e. The van der Waals surface area contributed by atoms with Gasteiger partial charge < -0.3 is 17.7 Å². The zero-order valence-corrected chi connectivity index (χ0v) is 10.4. The monoisotopic (exact) mass is 279 g/mol. The Balaban J connectivity index is 2.16. The molecule has 0 aromatic heterocycles. The van der Waals surface area contributed by atoms with Gasteiger partial charge in [0, 0.05) is 0 Å². The van der Waals surface area contributed by atoms with Gasteiger partial charge in [-0.2, -0.15) is 0 Å². The van der Waals surface area contributed by atoms with Crippen LogP contribution < -0.4 is 10.2 Å². The summed E-state index contributed by atoms with van der Waals surface area (Å²) in [4.78, 5) is 10.8. The average Bonchev–Trinajstić information content (AvgIpc) is 2.45. The molecule has 0 saturated carbocycles. The van der Waals surface area contributed by atoms with E-state index in [1.54, 1.807) is 0 Å². The lowest BCUT2D eigenvalue weighted by Crippen LogP contribution is -2.36. The SMILES string of the molecule is O=Cc1cc(OCc2ccccc2)ccc1[B-](F)(F)F. The number of ether oxygens (including phenoxy) is 1. The number of halogens is 3. The van der Waals surface area contributed by atoms with Gasteiger partial charge in [-0.1, -0.05) is 41.9 Å². The number of carbonyl (C=O) groups is 1. The Morgan fingerprint density at radius 1 is 1.05 bits per heavy atom. The summed E-state index contributed by atoms with van der Waals surface area (Å²) >= 11 is 0. The Morgan fingerprint density at radius 2 is 1.75 bits per heavy atom. The first-order valence-corrected chi connectivity index (χ1v) is 5.96. The van der Waals surface area contributed by atoms with E-state index in [0.717, 1.165) is 17.7 Å². The van der Waals surface area contributed by atoms with Gasteiger partial charge in [-0.05, 0) is 23.3 Å². The third kappa shape index (κ3) is 3.41. The fourth-order valence-electron chi connectivity index (χ4n) is 1.78. The summed E-state index contributed by atoms with van der Waals surface area (Å²) in [5, 5.41) is 0. The predicted molar refractivity (Wildman–Crippen MR) is 71.3 cm³/mol. The van der Waals surface area contributed by atoms with Gasteiger partial charge in [-0.3, -0.25) is 4.79 Å². The molecule has 20 heavy (non-hydrogen) atoms. The van der Waals surface area contributed by atoms with E-state index >= 15 is 0 Å². The molecule has 104 valence electrons. The second kappa shape index (κ2) is 5.82. The molecule has 0 aliphatic carbocycles. The maximum atomic E-state index is 12.7. The normalized spacial score (nSPS) is 11.2. The van der Waals surface area contributed by atoms with Crippen LogP contribution in [0.25, 0.3) is 0 Å². The molecule has 0 heterocycles. The molecule has 0 N–H and O–H groups in total. The van der Waals surface area contributed by atoms with Gasteiger partial charge >= 0.3 is 6.98 Å². The molecule has 6 heteroatoms. The summed E-state index contributed by atoms with van der Waals surface area (Å²) in [5.41, 5.74) is -0.403. The summed E-state index contributed by atoms with van der Waals surface area (Å²) in [6.45, 7) is -4.97. The quantitative estimate of drug-likeness (QED) is 0.621. The molecule has 2 nitrogen and oxygen atoms in total. The van der Waals surface area contributed by atoms with Crippen LogP contribution in [-0.2, 0) is 6.61 Å². The van der Waals surface area contributed by atoms with E-state index in [2.05, 4.69) is 0 Å². The fraction of sp³-hybridized carbons (Fsp3) is 0.0714. The van der Waals surface area contributed by atoms with Gasteiger partial charge in [-0.25, -0.2) is 0 Å². The van der Waals surface area contributed by atoms with E-state index in [4.69, 9.17) is 4.74 Å². The van der Waals surface area contributed by atoms with Crippen LogP contribution in [0.15, 0.2) is 48.5 Å². The van der Waals surface area contributed by atoms with Gasteiger partial charge in [0.25, 0.3) is 0 Å². The van der Waals surface area contributed by atoms with Crippen molar-refractivity contribution >= 4 is 18.7 Å². The molecule has 2 aromatic rings. The van der Waals surface area contributed by atoms with Crippen molar-refractivity contribution in [3.05, 3.63) is 59.7 Å². The zero-order valence-electron chi connectivity index (χ0n) is 10.4. The van der Waals surface area contributed by atoms with Crippen molar-refractivity contribution in [2.45, 2.75) is 6.61 Å². The van der Waals surface area contributed by atoms with E-state index < -0.39 is 18.0 Å². The maximum absolute atomic E-state index is 12.7. The van der Waals surface area contributed by atoms with Crippen LogP contribution >= 0.6 is 0 Å². The van der Waals surface area contributed by atoms with Crippen LogP contribution in [0.3, 0.4) is 0 Å². The van der Waals surface area contributed by atoms with Crippen molar-refractivity contribution in [2.75, 3.05) is 0 Å². The molecular weight excluding hydrogens is 268 g/mol. The van der Waals surface area contributed by atoms with Crippen molar-refractivity contribution in [1.29, 1.82) is 0 Å². The lowest BCUT2D eigenvalue weighted by molar-refractivity contribution is 0.112. The number of hydrogen-bond donors (Lipinski definition) is 0. The number of benzene rings is 2. The molecule has 0 bridgehead atoms. The Labute approximate surface area is 114 Å². The van der Waals surface area contributed by atoms with Crippen molar-refractivity contribution < 1.29 is 22.5 Å². The molecule has 0 spiro atoms. The topological polar surface area (TPSA) is 26.3 Å². The average molecular weight is 279 g/mol. The van der Waals surface area contributed by atoms with Crippen molar-refractivity contribution in [3.63, 3.8) is 0 Å². The molecule has 2 aromatic carbocycles. The second-order valence-electron chi connectivity index (χ2n) is 4.26. The largest absolute Gasteiger partial charge is 0.510 e. The highest BCUT2D eigenvalue weighted by atomic mass is 19.4. The van der Waals surface area contributed by atoms with E-state index in [1.807, 2.05) is 30.3 Å². The smallest absolute Gasteiger partial charge is 0.489 e. The highest BCUT2D eigenvalue weighted by molar-refractivity contribution is 6.74. The van der Waals surface area contributed by atoms with E-state index in [0.29, 0.717) is 0 Å². The molecule has 2 rings (SSSR count). The number of carbonyl (C=O) groups excluding carboxylic acids is 1. The minimum atomic E-state index is -5.20. The van der Waals surface area contributed by atoms with Gasteiger partial charge in [0.05, 0.1) is 0 Å². The third-order valence-electron chi connectivity index (χ3n) is 2.79.